The Kier molecular flexibility index (Phi) is 3.02. The van der Waals surface area contributed by atoms with E-state index >= 15 is 0 Å². The van der Waals surface area contributed by atoms with E-state index in [0.29, 0.717) is 5.88 Å². The zero-order valence-corrected chi connectivity index (χ0v) is 9.28. The largest absolute Gasteiger partial charge is 0.220 e. The Morgan fingerprint density at radius 1 is 1.40 bits per heavy atom. The quantitative estimate of drug-likeness (QED) is 0.745. The summed E-state index contributed by atoms with van der Waals surface area (Å²) in [5.74, 6) is 0.576. The van der Waals surface area contributed by atoms with Crippen molar-refractivity contribution < 1.29 is 0 Å². The molecule has 0 amide bonds. The van der Waals surface area contributed by atoms with E-state index < -0.39 is 0 Å². The van der Waals surface area contributed by atoms with Crippen LogP contribution in [0.5, 0.6) is 0 Å². The predicted molar refractivity (Wildman–Crippen MR) is 60.5 cm³/mol. The Labute approximate surface area is 93.7 Å². The second-order valence-corrected chi connectivity index (χ2v) is 3.81. The lowest BCUT2D eigenvalue weighted by molar-refractivity contribution is 0.797. The van der Waals surface area contributed by atoms with Crippen LogP contribution in [0.1, 0.15) is 11.3 Å². The van der Waals surface area contributed by atoms with Gasteiger partial charge >= 0.3 is 0 Å². The number of aromatic nitrogens is 3. The first kappa shape index (κ1) is 10.2. The van der Waals surface area contributed by atoms with Gasteiger partial charge in [-0.2, -0.15) is 0 Å². The molecule has 0 N–H and O–H groups in total. The molecule has 3 nitrogen and oxygen atoms in total. The summed E-state index contributed by atoms with van der Waals surface area (Å²) < 4.78 is 1.77. The summed E-state index contributed by atoms with van der Waals surface area (Å²) in [6.07, 6.45) is 2.67. The number of nitrogens with zero attached hydrogens (tertiary/aromatic N) is 3. The van der Waals surface area contributed by atoms with Crippen molar-refractivity contribution in [3.05, 3.63) is 41.7 Å². The van der Waals surface area contributed by atoms with Crippen LogP contribution < -0.4 is 0 Å². The molecule has 0 saturated heterocycles. The van der Waals surface area contributed by atoms with Crippen LogP contribution in [0.4, 0.5) is 0 Å². The molecule has 15 heavy (non-hydrogen) atoms. The number of hydrogen-bond donors (Lipinski definition) is 0. The lowest BCUT2D eigenvalue weighted by Gasteiger charge is -2.00. The van der Waals surface area contributed by atoms with E-state index in [0.717, 1.165) is 17.8 Å². The van der Waals surface area contributed by atoms with Crippen LogP contribution >= 0.6 is 11.6 Å². The Morgan fingerprint density at radius 2 is 2.27 bits per heavy atom. The molecule has 0 unspecified atom stereocenters. The fraction of sp³-hybridized carbons (Fsp3) is 0.273. The average Bonchev–Trinajstić information content (AvgIpc) is 2.67. The molecule has 0 saturated carbocycles. The van der Waals surface area contributed by atoms with Gasteiger partial charge < -0.3 is 0 Å². The van der Waals surface area contributed by atoms with Crippen molar-refractivity contribution in [2.75, 3.05) is 5.88 Å². The Morgan fingerprint density at radius 3 is 3.00 bits per heavy atom. The molecule has 0 aliphatic carbocycles. The fourth-order valence-corrected chi connectivity index (χ4v) is 1.60. The second-order valence-electron chi connectivity index (χ2n) is 3.43. The Hall–Kier alpha value is -1.35. The van der Waals surface area contributed by atoms with Gasteiger partial charge in [0.05, 0.1) is 17.6 Å². The molecule has 0 aliphatic rings. The van der Waals surface area contributed by atoms with Gasteiger partial charge in [-0.3, -0.25) is 0 Å². The first-order valence-electron chi connectivity index (χ1n) is 4.84. The molecule has 4 heteroatoms. The summed E-state index contributed by atoms with van der Waals surface area (Å²) in [6, 6.07) is 8.14. The molecule has 0 atom stereocenters. The molecular weight excluding hydrogens is 210 g/mol. The van der Waals surface area contributed by atoms with Crippen molar-refractivity contribution in [3.63, 3.8) is 0 Å². The van der Waals surface area contributed by atoms with Gasteiger partial charge in [0.25, 0.3) is 0 Å². The number of alkyl halides is 1. The summed E-state index contributed by atoms with van der Waals surface area (Å²) in [4.78, 5) is 0. The normalized spacial score (nSPS) is 10.5. The van der Waals surface area contributed by atoms with Crippen LogP contribution in [0.25, 0.3) is 5.69 Å². The van der Waals surface area contributed by atoms with Crippen molar-refractivity contribution >= 4 is 11.6 Å². The first-order valence-corrected chi connectivity index (χ1v) is 5.37. The highest BCUT2D eigenvalue weighted by atomic mass is 35.5. The van der Waals surface area contributed by atoms with Gasteiger partial charge in [0, 0.05) is 12.3 Å². The number of aryl methyl sites for hydroxylation is 2. The molecule has 2 aromatic rings. The van der Waals surface area contributed by atoms with Gasteiger partial charge in [-0.05, 0) is 24.6 Å². The Bertz CT molecular complexity index is 451. The van der Waals surface area contributed by atoms with Gasteiger partial charge in [0.2, 0.25) is 0 Å². The Balaban J connectivity index is 2.29. The minimum atomic E-state index is 0.576. The van der Waals surface area contributed by atoms with Crippen LogP contribution in [0.15, 0.2) is 30.5 Å². The molecule has 0 spiro atoms. The minimum absolute atomic E-state index is 0.576. The molecule has 2 rings (SSSR count). The standard InChI is InChI=1S/C11H12ClN3/c1-9-3-2-4-11(7-9)15-8-10(5-6-12)13-14-15/h2-4,7-8H,5-6H2,1H3. The molecule has 0 aliphatic heterocycles. The molecule has 78 valence electrons. The van der Waals surface area contributed by atoms with E-state index in [1.165, 1.54) is 5.56 Å². The second kappa shape index (κ2) is 4.45. The number of halogens is 1. The summed E-state index contributed by atoms with van der Waals surface area (Å²) in [5, 5.41) is 8.09. The smallest absolute Gasteiger partial charge is 0.0843 e. The van der Waals surface area contributed by atoms with Crippen LogP contribution in [-0.4, -0.2) is 20.9 Å². The fourth-order valence-electron chi connectivity index (χ4n) is 1.41. The number of rotatable bonds is 3. The molecule has 0 fully saturated rings. The summed E-state index contributed by atoms with van der Waals surface area (Å²) >= 11 is 5.64. The average molecular weight is 222 g/mol. The predicted octanol–water partition coefficient (Wildman–Crippen LogP) is 2.36. The molecule has 1 aromatic heterocycles. The van der Waals surface area contributed by atoms with E-state index in [1.54, 1.807) is 4.68 Å². The van der Waals surface area contributed by atoms with Crippen LogP contribution in [0.3, 0.4) is 0 Å². The van der Waals surface area contributed by atoms with Gasteiger partial charge in [-0.25, -0.2) is 4.68 Å². The van der Waals surface area contributed by atoms with Crippen LogP contribution in [0, 0.1) is 6.92 Å². The van der Waals surface area contributed by atoms with Crippen molar-refractivity contribution in [1.82, 2.24) is 15.0 Å². The highest BCUT2D eigenvalue weighted by molar-refractivity contribution is 6.17. The summed E-state index contributed by atoms with van der Waals surface area (Å²) in [6.45, 7) is 2.06. The zero-order chi connectivity index (χ0) is 10.7. The third-order valence-electron chi connectivity index (χ3n) is 2.16. The van der Waals surface area contributed by atoms with E-state index in [4.69, 9.17) is 11.6 Å². The lowest BCUT2D eigenvalue weighted by atomic mass is 10.2. The maximum absolute atomic E-state index is 5.64. The van der Waals surface area contributed by atoms with Gasteiger partial charge in [-0.1, -0.05) is 17.3 Å². The first-order chi connectivity index (χ1) is 7.29. The van der Waals surface area contributed by atoms with Gasteiger partial charge in [0.1, 0.15) is 0 Å². The lowest BCUT2D eigenvalue weighted by Crippen LogP contribution is -1.94. The maximum atomic E-state index is 5.64. The van der Waals surface area contributed by atoms with Crippen molar-refractivity contribution in [2.45, 2.75) is 13.3 Å². The topological polar surface area (TPSA) is 30.7 Å². The van der Waals surface area contributed by atoms with Gasteiger partial charge in [0.15, 0.2) is 0 Å². The highest BCUT2D eigenvalue weighted by Crippen LogP contribution is 2.09. The minimum Gasteiger partial charge on any atom is -0.220 e. The van der Waals surface area contributed by atoms with Gasteiger partial charge in [-0.15, -0.1) is 16.7 Å². The summed E-state index contributed by atoms with van der Waals surface area (Å²) in [7, 11) is 0. The molecule has 1 aromatic carbocycles. The third kappa shape index (κ3) is 2.36. The summed E-state index contributed by atoms with van der Waals surface area (Å²) in [5.41, 5.74) is 3.16. The van der Waals surface area contributed by atoms with E-state index in [9.17, 15) is 0 Å². The third-order valence-corrected chi connectivity index (χ3v) is 2.35. The van der Waals surface area contributed by atoms with E-state index in [2.05, 4.69) is 29.4 Å². The van der Waals surface area contributed by atoms with E-state index in [1.807, 2.05) is 18.3 Å². The zero-order valence-electron chi connectivity index (χ0n) is 8.52. The highest BCUT2D eigenvalue weighted by Gasteiger charge is 2.01. The molecule has 1 heterocycles. The van der Waals surface area contributed by atoms with Crippen molar-refractivity contribution in [3.8, 4) is 5.69 Å². The van der Waals surface area contributed by atoms with Crippen LogP contribution in [0.2, 0.25) is 0 Å². The molecular formula is C11H12ClN3. The SMILES string of the molecule is Cc1cccc(-n2cc(CCCl)nn2)c1. The monoisotopic (exact) mass is 221 g/mol. The number of benzene rings is 1. The van der Waals surface area contributed by atoms with Crippen LogP contribution in [-0.2, 0) is 6.42 Å². The van der Waals surface area contributed by atoms with Crippen molar-refractivity contribution in [2.24, 2.45) is 0 Å². The molecule has 0 bridgehead atoms. The maximum Gasteiger partial charge on any atom is 0.0843 e. The van der Waals surface area contributed by atoms with Crippen molar-refractivity contribution in [1.29, 1.82) is 0 Å². The van der Waals surface area contributed by atoms with E-state index in [-0.39, 0.29) is 0 Å². The number of hydrogen-bond acceptors (Lipinski definition) is 2. The molecule has 0 radical (unpaired) electrons.